The van der Waals surface area contributed by atoms with Gasteiger partial charge in [0.05, 0.1) is 18.7 Å². The molecule has 0 saturated carbocycles. The van der Waals surface area contributed by atoms with Crippen LogP contribution in [0.25, 0.3) is 0 Å². The zero-order valence-electron chi connectivity index (χ0n) is 11.8. The van der Waals surface area contributed by atoms with Gasteiger partial charge >= 0.3 is 5.97 Å². The second-order valence-electron chi connectivity index (χ2n) is 4.07. The van der Waals surface area contributed by atoms with E-state index in [9.17, 15) is 9.59 Å². The minimum Gasteiger partial charge on any atom is -0.493 e. The van der Waals surface area contributed by atoms with E-state index in [1.54, 1.807) is 6.92 Å². The molecule has 1 N–H and O–H groups in total. The van der Waals surface area contributed by atoms with Gasteiger partial charge in [0.15, 0.2) is 18.1 Å². The van der Waals surface area contributed by atoms with Gasteiger partial charge in [0.25, 0.3) is 5.91 Å². The van der Waals surface area contributed by atoms with Crippen LogP contribution in [-0.2, 0) is 9.59 Å². The summed E-state index contributed by atoms with van der Waals surface area (Å²) in [6, 6.07) is 6.53. The molecule has 0 atom stereocenters. The number of carbonyl (C=O) groups excluding carboxylic acids is 1. The third kappa shape index (κ3) is 4.69. The van der Waals surface area contributed by atoms with Crippen LogP contribution in [0.2, 0.25) is 0 Å². The van der Waals surface area contributed by atoms with E-state index in [4.69, 9.17) is 19.8 Å². The molecule has 0 aliphatic carbocycles. The Balaban J connectivity index is 2.72. The van der Waals surface area contributed by atoms with E-state index in [0.29, 0.717) is 17.1 Å². The van der Waals surface area contributed by atoms with E-state index < -0.39 is 11.9 Å². The summed E-state index contributed by atoms with van der Waals surface area (Å²) in [4.78, 5) is 23.6. The molecule has 0 unspecified atom stereocenters. The highest BCUT2D eigenvalue weighted by atomic mass is 16.5. The average Bonchev–Trinajstić information content (AvgIpc) is 2.49. The number of aliphatic carboxylic acids is 1. The Kier molecular flexibility index (Phi) is 6.01. The van der Waals surface area contributed by atoms with Crippen molar-refractivity contribution in [3.8, 4) is 17.6 Å². The molecule has 1 aromatic rings. The van der Waals surface area contributed by atoms with Gasteiger partial charge in [0.2, 0.25) is 0 Å². The largest absolute Gasteiger partial charge is 0.493 e. The van der Waals surface area contributed by atoms with Crippen molar-refractivity contribution in [1.29, 1.82) is 5.26 Å². The Morgan fingerprint density at radius 2 is 2.10 bits per heavy atom. The number of amides is 1. The first-order valence-corrected chi connectivity index (χ1v) is 6.22. The van der Waals surface area contributed by atoms with Gasteiger partial charge in [-0.25, -0.2) is 0 Å². The number of hydrogen-bond acceptors (Lipinski definition) is 5. The Labute approximate surface area is 122 Å². The maximum atomic E-state index is 11.9. The molecule has 0 aromatic heterocycles. The molecule has 1 aromatic carbocycles. The van der Waals surface area contributed by atoms with Crippen LogP contribution in [0.1, 0.15) is 12.5 Å². The maximum absolute atomic E-state index is 11.9. The summed E-state index contributed by atoms with van der Waals surface area (Å²) < 4.78 is 10.4. The molecule has 0 spiro atoms. The predicted molar refractivity (Wildman–Crippen MR) is 73.1 cm³/mol. The molecule has 7 heteroatoms. The Morgan fingerprint density at radius 3 is 2.62 bits per heavy atom. The van der Waals surface area contributed by atoms with Crippen molar-refractivity contribution >= 4 is 11.9 Å². The van der Waals surface area contributed by atoms with E-state index in [1.807, 2.05) is 6.07 Å². The number of nitriles is 1. The van der Waals surface area contributed by atoms with Gasteiger partial charge < -0.3 is 19.5 Å². The molecule has 0 fully saturated rings. The molecule has 0 heterocycles. The van der Waals surface area contributed by atoms with Gasteiger partial charge in [-0.15, -0.1) is 0 Å². The molecular formula is C14H16N2O5. The molecule has 0 bridgehead atoms. The van der Waals surface area contributed by atoms with Crippen LogP contribution >= 0.6 is 0 Å². The lowest BCUT2D eigenvalue weighted by Gasteiger charge is -2.19. The lowest BCUT2D eigenvalue weighted by atomic mass is 10.2. The molecule has 0 aliphatic heterocycles. The average molecular weight is 292 g/mol. The van der Waals surface area contributed by atoms with Crippen molar-refractivity contribution < 1.29 is 24.2 Å². The summed E-state index contributed by atoms with van der Waals surface area (Å²) in [6.07, 6.45) is 0. The van der Waals surface area contributed by atoms with Crippen molar-refractivity contribution in [2.75, 3.05) is 26.8 Å². The Hall–Kier alpha value is -2.75. The van der Waals surface area contributed by atoms with Crippen molar-refractivity contribution in [2.45, 2.75) is 6.92 Å². The zero-order valence-corrected chi connectivity index (χ0v) is 11.8. The molecule has 0 aliphatic rings. The number of benzene rings is 1. The number of hydrogen-bond donors (Lipinski definition) is 1. The van der Waals surface area contributed by atoms with Gasteiger partial charge in [0, 0.05) is 12.6 Å². The van der Waals surface area contributed by atoms with E-state index in [-0.39, 0.29) is 19.7 Å². The number of nitrogens with zero attached hydrogens (tertiary/aromatic N) is 2. The fraction of sp³-hybridized carbons (Fsp3) is 0.357. The minimum absolute atomic E-state index is 0.277. The summed E-state index contributed by atoms with van der Waals surface area (Å²) >= 11 is 0. The van der Waals surface area contributed by atoms with E-state index >= 15 is 0 Å². The van der Waals surface area contributed by atoms with E-state index in [2.05, 4.69) is 0 Å². The SMILES string of the molecule is CCN(CC(=O)O)C(=O)COc1ccc(C#N)cc1OC. The van der Waals surface area contributed by atoms with Crippen LogP contribution in [-0.4, -0.2) is 48.7 Å². The van der Waals surface area contributed by atoms with Crippen LogP contribution in [0.3, 0.4) is 0 Å². The van der Waals surface area contributed by atoms with Crippen LogP contribution in [0.15, 0.2) is 18.2 Å². The smallest absolute Gasteiger partial charge is 0.323 e. The first-order valence-electron chi connectivity index (χ1n) is 6.22. The number of carboxylic acids is 1. The Morgan fingerprint density at radius 1 is 1.38 bits per heavy atom. The van der Waals surface area contributed by atoms with E-state index in [1.165, 1.54) is 30.2 Å². The second kappa shape index (κ2) is 7.75. The molecule has 7 nitrogen and oxygen atoms in total. The van der Waals surface area contributed by atoms with Gasteiger partial charge in [0.1, 0.15) is 6.54 Å². The number of carboxylic acid groups (broad SMARTS) is 1. The Bertz CT molecular complexity index is 565. The lowest BCUT2D eigenvalue weighted by molar-refractivity contribution is -0.145. The first kappa shape index (κ1) is 16.3. The number of ether oxygens (including phenoxy) is 2. The number of carbonyl (C=O) groups is 2. The maximum Gasteiger partial charge on any atom is 0.323 e. The standard InChI is InChI=1S/C14H16N2O5/c1-3-16(8-14(18)19)13(17)9-21-11-5-4-10(7-15)6-12(11)20-2/h4-6H,3,8-9H2,1-2H3,(H,18,19). The highest BCUT2D eigenvalue weighted by molar-refractivity contribution is 5.82. The normalized spacial score (nSPS) is 9.57. The topological polar surface area (TPSA) is 99.9 Å². The lowest BCUT2D eigenvalue weighted by Crippen LogP contribution is -2.38. The highest BCUT2D eigenvalue weighted by Gasteiger charge is 2.16. The quantitative estimate of drug-likeness (QED) is 0.800. The summed E-state index contributed by atoms with van der Waals surface area (Å²) in [7, 11) is 1.42. The van der Waals surface area contributed by atoms with Crippen molar-refractivity contribution in [3.05, 3.63) is 23.8 Å². The second-order valence-corrected chi connectivity index (χ2v) is 4.07. The molecule has 0 saturated heterocycles. The fourth-order valence-corrected chi connectivity index (χ4v) is 1.63. The number of methoxy groups -OCH3 is 1. The van der Waals surface area contributed by atoms with Crippen molar-refractivity contribution in [1.82, 2.24) is 4.90 Å². The summed E-state index contributed by atoms with van der Waals surface area (Å²) in [6.45, 7) is 1.29. The molecular weight excluding hydrogens is 276 g/mol. The third-order valence-corrected chi connectivity index (χ3v) is 2.70. The van der Waals surface area contributed by atoms with Crippen LogP contribution in [0, 0.1) is 11.3 Å². The molecule has 1 rings (SSSR count). The van der Waals surface area contributed by atoms with Crippen LogP contribution < -0.4 is 9.47 Å². The van der Waals surface area contributed by atoms with Gasteiger partial charge in [-0.2, -0.15) is 5.26 Å². The van der Waals surface area contributed by atoms with Gasteiger partial charge in [-0.3, -0.25) is 9.59 Å². The highest BCUT2D eigenvalue weighted by Crippen LogP contribution is 2.27. The molecule has 0 radical (unpaired) electrons. The van der Waals surface area contributed by atoms with Crippen LogP contribution in [0.4, 0.5) is 0 Å². The summed E-state index contributed by atoms with van der Waals surface area (Å²) in [5.41, 5.74) is 0.409. The van der Waals surface area contributed by atoms with Gasteiger partial charge in [-0.05, 0) is 19.1 Å². The van der Waals surface area contributed by atoms with Crippen molar-refractivity contribution in [3.63, 3.8) is 0 Å². The number of rotatable bonds is 7. The third-order valence-electron chi connectivity index (χ3n) is 2.70. The van der Waals surface area contributed by atoms with E-state index in [0.717, 1.165) is 0 Å². The van der Waals surface area contributed by atoms with Gasteiger partial charge in [-0.1, -0.05) is 0 Å². The fourth-order valence-electron chi connectivity index (χ4n) is 1.63. The minimum atomic E-state index is -1.08. The summed E-state index contributed by atoms with van der Waals surface area (Å²) in [5, 5.41) is 17.5. The number of likely N-dealkylation sites (N-methyl/N-ethyl adjacent to an activating group) is 1. The zero-order chi connectivity index (χ0) is 15.8. The van der Waals surface area contributed by atoms with Crippen LogP contribution in [0.5, 0.6) is 11.5 Å². The monoisotopic (exact) mass is 292 g/mol. The molecule has 1 amide bonds. The summed E-state index contributed by atoms with van der Waals surface area (Å²) in [5.74, 6) is -0.869. The predicted octanol–water partition coefficient (Wildman–Crippen LogP) is 0.879. The first-order chi connectivity index (χ1) is 10.0. The van der Waals surface area contributed by atoms with Crippen molar-refractivity contribution in [2.24, 2.45) is 0 Å². The molecule has 112 valence electrons. The molecule has 21 heavy (non-hydrogen) atoms.